The SMILES string of the molecule is BrCOc1n[nH]c2ccccc12. The first-order chi connectivity index (χ1) is 5.92. The highest BCUT2D eigenvalue weighted by molar-refractivity contribution is 9.09. The summed E-state index contributed by atoms with van der Waals surface area (Å²) in [4.78, 5) is 0. The molecule has 0 aliphatic rings. The molecule has 0 unspecified atom stereocenters. The van der Waals surface area contributed by atoms with Gasteiger partial charge in [0.25, 0.3) is 0 Å². The summed E-state index contributed by atoms with van der Waals surface area (Å²) in [6, 6.07) is 7.84. The van der Waals surface area contributed by atoms with Gasteiger partial charge in [-0.05, 0) is 28.1 Å². The first kappa shape index (κ1) is 7.61. The molecule has 3 nitrogen and oxygen atoms in total. The highest BCUT2D eigenvalue weighted by Gasteiger charge is 2.03. The number of halogens is 1. The molecule has 12 heavy (non-hydrogen) atoms. The Kier molecular flexibility index (Phi) is 1.99. The largest absolute Gasteiger partial charge is 0.465 e. The van der Waals surface area contributed by atoms with Crippen molar-refractivity contribution in [2.75, 3.05) is 5.52 Å². The van der Waals surface area contributed by atoms with Crippen molar-refractivity contribution in [2.45, 2.75) is 0 Å². The lowest BCUT2D eigenvalue weighted by atomic mass is 10.2. The normalized spacial score (nSPS) is 10.4. The molecular formula is C8H7BrN2O. The van der Waals surface area contributed by atoms with Crippen molar-refractivity contribution in [3.63, 3.8) is 0 Å². The Morgan fingerprint density at radius 3 is 3.08 bits per heavy atom. The topological polar surface area (TPSA) is 37.9 Å². The quantitative estimate of drug-likeness (QED) is 0.799. The molecule has 1 aromatic carbocycles. The van der Waals surface area contributed by atoms with Crippen LogP contribution in [0.5, 0.6) is 5.88 Å². The van der Waals surface area contributed by atoms with Crippen molar-refractivity contribution in [3.05, 3.63) is 24.3 Å². The van der Waals surface area contributed by atoms with Crippen LogP contribution in [0.4, 0.5) is 0 Å². The Labute approximate surface area is 77.9 Å². The molecule has 2 aromatic rings. The Hall–Kier alpha value is -1.03. The van der Waals surface area contributed by atoms with E-state index in [2.05, 4.69) is 26.1 Å². The van der Waals surface area contributed by atoms with Gasteiger partial charge in [0.2, 0.25) is 5.88 Å². The summed E-state index contributed by atoms with van der Waals surface area (Å²) in [5, 5.41) is 7.90. The Balaban J connectivity index is 2.55. The predicted octanol–water partition coefficient (Wildman–Crippen LogP) is 2.29. The van der Waals surface area contributed by atoms with Crippen LogP contribution in [0.25, 0.3) is 10.9 Å². The number of nitrogens with zero attached hydrogens (tertiary/aromatic N) is 1. The second-order valence-corrected chi connectivity index (χ2v) is 2.79. The summed E-state index contributed by atoms with van der Waals surface area (Å²) in [5.74, 6) is 0.641. The summed E-state index contributed by atoms with van der Waals surface area (Å²) < 4.78 is 5.23. The number of aromatic nitrogens is 2. The van der Waals surface area contributed by atoms with Gasteiger partial charge in [0.15, 0.2) is 0 Å². The van der Waals surface area contributed by atoms with Crippen LogP contribution in [-0.2, 0) is 0 Å². The minimum Gasteiger partial charge on any atom is -0.465 e. The molecule has 62 valence electrons. The third-order valence-electron chi connectivity index (χ3n) is 1.63. The summed E-state index contributed by atoms with van der Waals surface area (Å²) in [6.45, 7) is 0. The number of benzene rings is 1. The molecule has 0 aliphatic heterocycles. The molecule has 0 fully saturated rings. The summed E-state index contributed by atoms with van der Waals surface area (Å²) >= 11 is 3.18. The van der Waals surface area contributed by atoms with Crippen LogP contribution in [-0.4, -0.2) is 15.7 Å². The number of H-pyrrole nitrogens is 1. The molecular weight excluding hydrogens is 220 g/mol. The van der Waals surface area contributed by atoms with Gasteiger partial charge in [-0.3, -0.25) is 5.10 Å². The minimum absolute atomic E-state index is 0.460. The molecule has 0 amide bonds. The van der Waals surface area contributed by atoms with Gasteiger partial charge in [0.05, 0.1) is 10.9 Å². The number of aromatic amines is 1. The molecule has 2 rings (SSSR count). The number of para-hydroxylation sites is 1. The van der Waals surface area contributed by atoms with Crippen molar-refractivity contribution >= 4 is 26.8 Å². The van der Waals surface area contributed by atoms with E-state index in [9.17, 15) is 0 Å². The van der Waals surface area contributed by atoms with Gasteiger partial charge in [-0.15, -0.1) is 5.10 Å². The summed E-state index contributed by atoms with van der Waals surface area (Å²) in [7, 11) is 0. The fourth-order valence-corrected chi connectivity index (χ4v) is 1.32. The Morgan fingerprint density at radius 1 is 1.42 bits per heavy atom. The van der Waals surface area contributed by atoms with Crippen LogP contribution in [0.1, 0.15) is 0 Å². The number of ether oxygens (including phenoxy) is 1. The summed E-state index contributed by atoms with van der Waals surface area (Å²) in [6.07, 6.45) is 0. The van der Waals surface area contributed by atoms with Gasteiger partial charge in [-0.25, -0.2) is 0 Å². The van der Waals surface area contributed by atoms with Crippen molar-refractivity contribution < 1.29 is 4.74 Å². The maximum Gasteiger partial charge on any atom is 0.241 e. The summed E-state index contributed by atoms with van der Waals surface area (Å²) in [5.41, 5.74) is 1.45. The van der Waals surface area contributed by atoms with Crippen LogP contribution in [0.2, 0.25) is 0 Å². The van der Waals surface area contributed by atoms with E-state index in [1.807, 2.05) is 24.3 Å². The zero-order chi connectivity index (χ0) is 8.39. The minimum atomic E-state index is 0.460. The van der Waals surface area contributed by atoms with Crippen molar-refractivity contribution in [2.24, 2.45) is 0 Å². The van der Waals surface area contributed by atoms with E-state index in [0.29, 0.717) is 11.4 Å². The van der Waals surface area contributed by atoms with Crippen LogP contribution in [0.15, 0.2) is 24.3 Å². The van der Waals surface area contributed by atoms with E-state index in [4.69, 9.17) is 4.74 Å². The highest BCUT2D eigenvalue weighted by Crippen LogP contribution is 2.21. The third kappa shape index (κ3) is 1.18. The maximum absolute atomic E-state index is 5.23. The lowest BCUT2D eigenvalue weighted by Gasteiger charge is -1.95. The van der Waals surface area contributed by atoms with Crippen LogP contribution in [0, 0.1) is 0 Å². The standard InChI is InChI=1S/C8H7BrN2O/c9-5-12-8-6-3-1-2-4-7(6)10-11-8/h1-4H,5H2,(H,10,11). The maximum atomic E-state index is 5.23. The zero-order valence-corrected chi connectivity index (χ0v) is 7.84. The van der Waals surface area contributed by atoms with Crippen molar-refractivity contribution in [3.8, 4) is 5.88 Å². The Bertz CT molecular complexity index is 385. The zero-order valence-electron chi connectivity index (χ0n) is 6.25. The molecule has 4 heteroatoms. The van der Waals surface area contributed by atoms with Gasteiger partial charge in [0.1, 0.15) is 5.52 Å². The lowest BCUT2D eigenvalue weighted by Crippen LogP contribution is -1.88. The third-order valence-corrected chi connectivity index (χ3v) is 1.86. The van der Waals surface area contributed by atoms with Gasteiger partial charge < -0.3 is 4.74 Å². The van der Waals surface area contributed by atoms with Crippen molar-refractivity contribution in [1.29, 1.82) is 0 Å². The molecule has 0 spiro atoms. The molecule has 0 saturated carbocycles. The van der Waals surface area contributed by atoms with E-state index in [-0.39, 0.29) is 0 Å². The number of nitrogens with one attached hydrogen (secondary N) is 1. The molecule has 1 aromatic heterocycles. The predicted molar refractivity (Wildman–Crippen MR) is 50.5 cm³/mol. The van der Waals surface area contributed by atoms with Gasteiger partial charge in [-0.1, -0.05) is 12.1 Å². The molecule has 0 aliphatic carbocycles. The fraction of sp³-hybridized carbons (Fsp3) is 0.125. The van der Waals surface area contributed by atoms with E-state index in [0.717, 1.165) is 10.9 Å². The van der Waals surface area contributed by atoms with Crippen LogP contribution < -0.4 is 4.74 Å². The van der Waals surface area contributed by atoms with E-state index >= 15 is 0 Å². The van der Waals surface area contributed by atoms with E-state index in [1.165, 1.54) is 0 Å². The number of rotatable bonds is 2. The average molecular weight is 227 g/mol. The number of hydrogen-bond donors (Lipinski definition) is 1. The Morgan fingerprint density at radius 2 is 2.25 bits per heavy atom. The lowest BCUT2D eigenvalue weighted by molar-refractivity contribution is 0.385. The van der Waals surface area contributed by atoms with Gasteiger partial charge in [0, 0.05) is 0 Å². The smallest absolute Gasteiger partial charge is 0.241 e. The number of hydrogen-bond acceptors (Lipinski definition) is 2. The van der Waals surface area contributed by atoms with Gasteiger partial charge >= 0.3 is 0 Å². The molecule has 0 radical (unpaired) electrons. The van der Waals surface area contributed by atoms with Crippen LogP contribution >= 0.6 is 15.9 Å². The first-order valence-corrected chi connectivity index (χ1v) is 4.66. The molecule has 1 N–H and O–H groups in total. The number of fused-ring (bicyclic) bond motifs is 1. The first-order valence-electron chi connectivity index (χ1n) is 3.53. The van der Waals surface area contributed by atoms with Crippen molar-refractivity contribution in [1.82, 2.24) is 10.2 Å². The molecule has 0 saturated heterocycles. The molecule has 1 heterocycles. The highest BCUT2D eigenvalue weighted by atomic mass is 79.9. The fourth-order valence-electron chi connectivity index (χ4n) is 1.10. The average Bonchev–Trinajstić information content (AvgIpc) is 2.50. The number of alkyl halides is 1. The van der Waals surface area contributed by atoms with Gasteiger partial charge in [-0.2, -0.15) is 0 Å². The van der Waals surface area contributed by atoms with E-state index in [1.54, 1.807) is 0 Å². The second-order valence-electron chi connectivity index (χ2n) is 2.33. The monoisotopic (exact) mass is 226 g/mol. The second kappa shape index (κ2) is 3.15. The molecule has 0 atom stereocenters. The van der Waals surface area contributed by atoms with Crippen LogP contribution in [0.3, 0.4) is 0 Å². The van der Waals surface area contributed by atoms with E-state index < -0.39 is 0 Å². The molecule has 0 bridgehead atoms.